The average molecular weight is 270 g/mol. The summed E-state index contributed by atoms with van der Waals surface area (Å²) in [6, 6.07) is 10.3. The number of hydrogen-bond acceptors (Lipinski definition) is 3. The van der Waals surface area contributed by atoms with Crippen LogP contribution in [0, 0.1) is 0 Å². The van der Waals surface area contributed by atoms with Gasteiger partial charge in [0.1, 0.15) is 0 Å². The molecule has 5 nitrogen and oxygen atoms in total. The molecule has 102 valence electrons. The van der Waals surface area contributed by atoms with Gasteiger partial charge in [-0.1, -0.05) is 12.1 Å². The normalized spacial score (nSPS) is 16.9. The molecule has 5 heteroatoms. The Morgan fingerprint density at radius 2 is 1.95 bits per heavy atom. The van der Waals surface area contributed by atoms with Gasteiger partial charge in [0.05, 0.1) is 11.6 Å². The molecule has 2 aromatic rings. The number of ketones is 1. The molecular weight excluding hydrogens is 256 g/mol. The van der Waals surface area contributed by atoms with Gasteiger partial charge in [0.15, 0.2) is 0 Å². The highest BCUT2D eigenvalue weighted by atomic mass is 16.4. The van der Waals surface area contributed by atoms with E-state index in [1.165, 1.54) is 0 Å². The van der Waals surface area contributed by atoms with Gasteiger partial charge in [-0.15, -0.1) is 0 Å². The fraction of sp³-hybridized carbons (Fsp3) is 0.200. The first-order valence-electron chi connectivity index (χ1n) is 6.41. The molecule has 0 saturated heterocycles. The van der Waals surface area contributed by atoms with Crippen LogP contribution in [-0.2, 0) is 11.3 Å². The number of aromatic nitrogens is 1. The van der Waals surface area contributed by atoms with E-state index in [4.69, 9.17) is 10.8 Å². The lowest BCUT2D eigenvalue weighted by atomic mass is 10.0. The molecule has 1 unspecified atom stereocenters. The van der Waals surface area contributed by atoms with Crippen LogP contribution >= 0.6 is 0 Å². The first kappa shape index (κ1) is 12.5. The molecule has 0 aliphatic carbocycles. The van der Waals surface area contributed by atoms with E-state index >= 15 is 0 Å². The Hall–Kier alpha value is -2.56. The number of carbonyl (C=O) groups is 2. The van der Waals surface area contributed by atoms with Crippen LogP contribution in [0.3, 0.4) is 0 Å². The van der Waals surface area contributed by atoms with Crippen molar-refractivity contribution in [3.05, 3.63) is 53.3 Å². The summed E-state index contributed by atoms with van der Waals surface area (Å²) < 4.78 is 1.79. The molecular formula is C15H14N2O3. The van der Waals surface area contributed by atoms with Gasteiger partial charge in [0, 0.05) is 23.5 Å². The summed E-state index contributed by atoms with van der Waals surface area (Å²) in [7, 11) is 0. The molecule has 3 rings (SSSR count). The van der Waals surface area contributed by atoms with Crippen LogP contribution in [0.1, 0.15) is 34.1 Å². The van der Waals surface area contributed by atoms with Crippen molar-refractivity contribution in [1.82, 2.24) is 4.57 Å². The molecule has 0 fully saturated rings. The van der Waals surface area contributed by atoms with E-state index in [0.29, 0.717) is 35.6 Å². The summed E-state index contributed by atoms with van der Waals surface area (Å²) in [6.07, 6.45) is 0.524. The lowest BCUT2D eigenvalue weighted by molar-refractivity contribution is -0.138. The Balaban J connectivity index is 2.02. The minimum absolute atomic E-state index is 0.166. The minimum atomic E-state index is -0.847. The minimum Gasteiger partial charge on any atom is -0.481 e. The number of anilines is 1. The molecule has 1 atom stereocenters. The number of carbonyl (C=O) groups excluding carboxylic acids is 1. The predicted octanol–water partition coefficient (Wildman–Crippen LogP) is 1.87. The number of nitrogen functional groups attached to an aromatic ring is 1. The third-order valence-electron chi connectivity index (χ3n) is 3.75. The van der Waals surface area contributed by atoms with Gasteiger partial charge in [-0.25, -0.2) is 0 Å². The van der Waals surface area contributed by atoms with Gasteiger partial charge in [-0.2, -0.15) is 0 Å². The second-order valence-corrected chi connectivity index (χ2v) is 4.89. The summed E-state index contributed by atoms with van der Waals surface area (Å²) in [5.74, 6) is -1.54. The number of aliphatic carboxylic acids is 1. The monoisotopic (exact) mass is 270 g/mol. The van der Waals surface area contributed by atoms with Crippen LogP contribution in [0.15, 0.2) is 36.4 Å². The molecule has 3 N–H and O–H groups in total. The van der Waals surface area contributed by atoms with E-state index in [1.807, 2.05) is 0 Å². The van der Waals surface area contributed by atoms with Crippen LogP contribution in [0.5, 0.6) is 0 Å². The molecule has 1 aromatic carbocycles. The zero-order chi connectivity index (χ0) is 14.3. The summed E-state index contributed by atoms with van der Waals surface area (Å²) in [6.45, 7) is 0.549. The summed E-state index contributed by atoms with van der Waals surface area (Å²) in [5, 5.41) is 9.15. The molecule has 0 saturated carbocycles. The number of nitrogens with two attached hydrogens (primary N) is 1. The Kier molecular flexibility index (Phi) is 2.82. The first-order chi connectivity index (χ1) is 9.59. The Morgan fingerprint density at radius 3 is 2.65 bits per heavy atom. The number of benzene rings is 1. The van der Waals surface area contributed by atoms with E-state index in [0.717, 1.165) is 0 Å². The van der Waals surface area contributed by atoms with Gasteiger partial charge in [-0.05, 0) is 30.7 Å². The molecule has 0 spiro atoms. The molecule has 2 heterocycles. The second-order valence-electron chi connectivity index (χ2n) is 4.89. The smallest absolute Gasteiger partial charge is 0.312 e. The van der Waals surface area contributed by atoms with Gasteiger partial charge in [0.2, 0.25) is 5.78 Å². The van der Waals surface area contributed by atoms with E-state index in [9.17, 15) is 9.59 Å². The van der Waals surface area contributed by atoms with Gasteiger partial charge >= 0.3 is 5.97 Å². The maximum Gasteiger partial charge on any atom is 0.312 e. The van der Waals surface area contributed by atoms with Crippen LogP contribution < -0.4 is 5.73 Å². The second kappa shape index (κ2) is 4.52. The van der Waals surface area contributed by atoms with Crippen molar-refractivity contribution in [3.8, 4) is 0 Å². The number of para-hydroxylation sites is 1. The lowest BCUT2D eigenvalue weighted by Crippen LogP contribution is -2.11. The highest BCUT2D eigenvalue weighted by Gasteiger charge is 2.31. The molecule has 1 aliphatic heterocycles. The van der Waals surface area contributed by atoms with Gasteiger partial charge < -0.3 is 15.4 Å². The lowest BCUT2D eigenvalue weighted by Gasteiger charge is -2.07. The van der Waals surface area contributed by atoms with E-state index in [-0.39, 0.29) is 5.78 Å². The van der Waals surface area contributed by atoms with Crippen molar-refractivity contribution in [2.75, 3.05) is 5.73 Å². The third-order valence-corrected chi connectivity index (χ3v) is 3.75. The zero-order valence-electron chi connectivity index (χ0n) is 10.7. The first-order valence-corrected chi connectivity index (χ1v) is 6.41. The van der Waals surface area contributed by atoms with Crippen molar-refractivity contribution < 1.29 is 14.7 Å². The van der Waals surface area contributed by atoms with Crippen molar-refractivity contribution in [2.45, 2.75) is 18.9 Å². The number of fused-ring (bicyclic) bond motifs is 1. The molecule has 0 amide bonds. The SMILES string of the molecule is Nc1ccccc1C(=O)c1ccc2n1CCC2C(=O)O. The van der Waals surface area contributed by atoms with Crippen LogP contribution in [0.25, 0.3) is 0 Å². The predicted molar refractivity (Wildman–Crippen MR) is 73.7 cm³/mol. The number of hydrogen-bond donors (Lipinski definition) is 2. The number of rotatable bonds is 3. The fourth-order valence-corrected chi connectivity index (χ4v) is 2.73. The standard InChI is InChI=1S/C15H14N2O3/c16-11-4-2-1-3-9(11)14(18)13-6-5-12-10(15(19)20)7-8-17(12)13/h1-6,10H,7-8,16H2,(H,19,20). The largest absolute Gasteiger partial charge is 0.481 e. The third kappa shape index (κ3) is 1.79. The maximum atomic E-state index is 12.5. The van der Waals surface area contributed by atoms with Crippen molar-refractivity contribution >= 4 is 17.4 Å². The van der Waals surface area contributed by atoms with Crippen molar-refractivity contribution in [2.24, 2.45) is 0 Å². The molecule has 1 aromatic heterocycles. The Morgan fingerprint density at radius 1 is 1.20 bits per heavy atom. The van der Waals surface area contributed by atoms with E-state index in [1.54, 1.807) is 41.0 Å². The quantitative estimate of drug-likeness (QED) is 0.658. The summed E-state index contributed by atoms with van der Waals surface area (Å²) in [5.41, 5.74) is 7.90. The van der Waals surface area contributed by atoms with E-state index in [2.05, 4.69) is 0 Å². The van der Waals surface area contributed by atoms with Crippen molar-refractivity contribution in [1.29, 1.82) is 0 Å². The Labute approximate surface area is 115 Å². The number of nitrogens with zero attached hydrogens (tertiary/aromatic N) is 1. The highest BCUT2D eigenvalue weighted by molar-refractivity contribution is 6.11. The highest BCUT2D eigenvalue weighted by Crippen LogP contribution is 2.31. The fourth-order valence-electron chi connectivity index (χ4n) is 2.73. The maximum absolute atomic E-state index is 12.5. The Bertz CT molecular complexity index is 703. The van der Waals surface area contributed by atoms with Crippen LogP contribution in [0.2, 0.25) is 0 Å². The molecule has 1 aliphatic rings. The van der Waals surface area contributed by atoms with Gasteiger partial charge in [-0.3, -0.25) is 9.59 Å². The topological polar surface area (TPSA) is 85.3 Å². The summed E-state index contributed by atoms with van der Waals surface area (Å²) >= 11 is 0. The molecule has 0 radical (unpaired) electrons. The van der Waals surface area contributed by atoms with E-state index < -0.39 is 11.9 Å². The van der Waals surface area contributed by atoms with Gasteiger partial charge in [0.25, 0.3) is 0 Å². The number of carboxylic acid groups (broad SMARTS) is 1. The van der Waals surface area contributed by atoms with Crippen LogP contribution in [-0.4, -0.2) is 21.4 Å². The van der Waals surface area contributed by atoms with Crippen molar-refractivity contribution in [3.63, 3.8) is 0 Å². The molecule has 0 bridgehead atoms. The zero-order valence-corrected chi connectivity index (χ0v) is 10.7. The van der Waals surface area contributed by atoms with Crippen LogP contribution in [0.4, 0.5) is 5.69 Å². The summed E-state index contributed by atoms with van der Waals surface area (Å²) in [4.78, 5) is 23.7. The average Bonchev–Trinajstić information content (AvgIpc) is 2.99. The number of carboxylic acids is 1. The molecule has 20 heavy (non-hydrogen) atoms.